The SMILES string of the molecule is COc1ccc([C@]23CCN(C)[C@H]2C[C@@H](O)[C@@H](C)C3)cc1OC. The van der Waals surface area contributed by atoms with E-state index in [1.54, 1.807) is 14.2 Å². The minimum atomic E-state index is -0.196. The Morgan fingerprint density at radius 2 is 1.95 bits per heavy atom. The smallest absolute Gasteiger partial charge is 0.161 e. The van der Waals surface area contributed by atoms with Crippen LogP contribution in [0.2, 0.25) is 0 Å². The average molecular weight is 305 g/mol. The summed E-state index contributed by atoms with van der Waals surface area (Å²) in [5, 5.41) is 10.3. The molecule has 1 aliphatic carbocycles. The highest BCUT2D eigenvalue weighted by molar-refractivity contribution is 5.46. The molecular weight excluding hydrogens is 278 g/mol. The van der Waals surface area contributed by atoms with Gasteiger partial charge in [0.25, 0.3) is 0 Å². The third-order valence-electron chi connectivity index (χ3n) is 5.85. The Hall–Kier alpha value is -1.26. The molecule has 1 saturated heterocycles. The summed E-state index contributed by atoms with van der Waals surface area (Å²) in [4.78, 5) is 2.41. The molecule has 3 rings (SSSR count). The van der Waals surface area contributed by atoms with Crippen LogP contribution in [0.25, 0.3) is 0 Å². The molecule has 1 aliphatic heterocycles. The lowest BCUT2D eigenvalue weighted by atomic mass is 9.62. The highest BCUT2D eigenvalue weighted by Crippen LogP contribution is 2.51. The van der Waals surface area contributed by atoms with Crippen LogP contribution in [0.3, 0.4) is 0 Å². The summed E-state index contributed by atoms with van der Waals surface area (Å²) in [5.74, 6) is 1.90. The molecule has 1 N–H and O–H groups in total. The number of benzene rings is 1. The van der Waals surface area contributed by atoms with E-state index in [1.807, 2.05) is 6.07 Å². The summed E-state index contributed by atoms with van der Waals surface area (Å²) in [5.41, 5.74) is 1.44. The second kappa shape index (κ2) is 5.74. The van der Waals surface area contributed by atoms with Crippen molar-refractivity contribution in [3.8, 4) is 11.5 Å². The van der Waals surface area contributed by atoms with E-state index in [0.29, 0.717) is 12.0 Å². The van der Waals surface area contributed by atoms with Crippen LogP contribution in [0.1, 0.15) is 31.7 Å². The molecule has 1 saturated carbocycles. The zero-order chi connectivity index (χ0) is 15.9. The van der Waals surface area contributed by atoms with Crippen molar-refractivity contribution >= 4 is 0 Å². The number of rotatable bonds is 3. The van der Waals surface area contributed by atoms with Crippen LogP contribution in [-0.4, -0.2) is 50.0 Å². The predicted octanol–water partition coefficient (Wildman–Crippen LogP) is 2.44. The van der Waals surface area contributed by atoms with Crippen LogP contribution in [0.4, 0.5) is 0 Å². The van der Waals surface area contributed by atoms with Gasteiger partial charge in [-0.25, -0.2) is 0 Å². The zero-order valence-corrected chi connectivity index (χ0v) is 14.0. The molecule has 122 valence electrons. The number of fused-ring (bicyclic) bond motifs is 1. The summed E-state index contributed by atoms with van der Waals surface area (Å²) in [6, 6.07) is 6.72. The molecule has 0 aromatic heterocycles. The molecule has 0 unspecified atom stereocenters. The third-order valence-corrected chi connectivity index (χ3v) is 5.85. The van der Waals surface area contributed by atoms with Gasteiger partial charge in [-0.1, -0.05) is 13.0 Å². The molecule has 0 radical (unpaired) electrons. The second-order valence-electron chi connectivity index (χ2n) is 6.96. The van der Waals surface area contributed by atoms with E-state index < -0.39 is 0 Å². The molecule has 1 aromatic carbocycles. The van der Waals surface area contributed by atoms with E-state index >= 15 is 0 Å². The maximum absolute atomic E-state index is 10.3. The van der Waals surface area contributed by atoms with Crippen LogP contribution >= 0.6 is 0 Å². The normalized spacial score (nSPS) is 35.2. The number of aliphatic hydroxyl groups is 1. The molecule has 0 bridgehead atoms. The predicted molar refractivity (Wildman–Crippen MR) is 86.7 cm³/mol. The Balaban J connectivity index is 2.04. The first-order valence-corrected chi connectivity index (χ1v) is 8.12. The zero-order valence-electron chi connectivity index (χ0n) is 14.0. The van der Waals surface area contributed by atoms with Crippen molar-refractivity contribution in [1.82, 2.24) is 4.90 Å². The first-order chi connectivity index (χ1) is 10.5. The van der Waals surface area contributed by atoms with E-state index in [1.165, 1.54) is 5.56 Å². The Kier molecular flexibility index (Phi) is 4.08. The minimum absolute atomic E-state index is 0.118. The van der Waals surface area contributed by atoms with Crippen LogP contribution in [0.15, 0.2) is 18.2 Å². The Bertz CT molecular complexity index is 547. The number of methoxy groups -OCH3 is 2. The number of likely N-dealkylation sites (tertiary alicyclic amines) is 1. The molecule has 1 aromatic rings. The molecular formula is C18H27NO3. The van der Waals surface area contributed by atoms with Gasteiger partial charge in [-0.3, -0.25) is 0 Å². The van der Waals surface area contributed by atoms with E-state index in [2.05, 4.69) is 31.0 Å². The van der Waals surface area contributed by atoms with Gasteiger partial charge in [0.2, 0.25) is 0 Å². The molecule has 1 heterocycles. The lowest BCUT2D eigenvalue weighted by Gasteiger charge is -2.46. The van der Waals surface area contributed by atoms with Gasteiger partial charge in [0.05, 0.1) is 20.3 Å². The van der Waals surface area contributed by atoms with E-state index in [4.69, 9.17) is 9.47 Å². The molecule has 2 aliphatic rings. The van der Waals surface area contributed by atoms with Crippen molar-refractivity contribution < 1.29 is 14.6 Å². The van der Waals surface area contributed by atoms with Gasteiger partial charge in [-0.05, 0) is 56.5 Å². The van der Waals surface area contributed by atoms with Crippen molar-refractivity contribution in [3.05, 3.63) is 23.8 Å². The van der Waals surface area contributed by atoms with Crippen LogP contribution < -0.4 is 9.47 Å². The lowest BCUT2D eigenvalue weighted by Crippen LogP contribution is -2.50. The fourth-order valence-electron chi connectivity index (χ4n) is 4.54. The van der Waals surface area contributed by atoms with Crippen molar-refractivity contribution in [2.24, 2.45) is 5.92 Å². The minimum Gasteiger partial charge on any atom is -0.493 e. The highest BCUT2D eigenvalue weighted by atomic mass is 16.5. The average Bonchev–Trinajstić information content (AvgIpc) is 2.85. The standard InChI is InChI=1S/C18H27NO3/c1-12-11-18(7-8-19(2)17(18)10-14(12)20)13-5-6-15(21-3)16(9-13)22-4/h5-6,9,12,14,17,20H,7-8,10-11H2,1-4H3/t12-,14+,17-,18+/m0/s1. The summed E-state index contributed by atoms with van der Waals surface area (Å²) in [7, 11) is 5.53. The molecule has 4 nitrogen and oxygen atoms in total. The fraction of sp³-hybridized carbons (Fsp3) is 0.667. The van der Waals surface area contributed by atoms with Crippen LogP contribution in [-0.2, 0) is 5.41 Å². The largest absolute Gasteiger partial charge is 0.493 e. The van der Waals surface area contributed by atoms with Crippen molar-refractivity contribution in [1.29, 1.82) is 0 Å². The maximum atomic E-state index is 10.3. The molecule has 0 amide bonds. The Morgan fingerprint density at radius 3 is 2.64 bits per heavy atom. The molecule has 2 fully saturated rings. The number of aliphatic hydroxyl groups excluding tert-OH is 1. The Morgan fingerprint density at radius 1 is 1.23 bits per heavy atom. The van der Waals surface area contributed by atoms with Crippen molar-refractivity contribution in [2.45, 2.75) is 43.7 Å². The number of hydrogen-bond donors (Lipinski definition) is 1. The molecule has 4 atom stereocenters. The van der Waals surface area contributed by atoms with Crippen LogP contribution in [0, 0.1) is 5.92 Å². The van der Waals surface area contributed by atoms with Crippen molar-refractivity contribution in [3.63, 3.8) is 0 Å². The highest BCUT2D eigenvalue weighted by Gasteiger charge is 2.52. The van der Waals surface area contributed by atoms with E-state index in [0.717, 1.165) is 37.3 Å². The second-order valence-corrected chi connectivity index (χ2v) is 6.96. The number of nitrogens with zero attached hydrogens (tertiary/aromatic N) is 1. The van der Waals surface area contributed by atoms with Crippen molar-refractivity contribution in [2.75, 3.05) is 27.8 Å². The van der Waals surface area contributed by atoms with E-state index in [-0.39, 0.29) is 11.5 Å². The van der Waals surface area contributed by atoms with Gasteiger partial charge in [0, 0.05) is 11.5 Å². The summed E-state index contributed by atoms with van der Waals surface area (Å²) < 4.78 is 10.9. The topological polar surface area (TPSA) is 41.9 Å². The van der Waals surface area contributed by atoms with Gasteiger partial charge >= 0.3 is 0 Å². The monoisotopic (exact) mass is 305 g/mol. The number of ether oxygens (including phenoxy) is 2. The summed E-state index contributed by atoms with van der Waals surface area (Å²) in [6.45, 7) is 3.25. The number of likely N-dealkylation sites (N-methyl/N-ethyl adjacent to an activating group) is 1. The lowest BCUT2D eigenvalue weighted by molar-refractivity contribution is 0.0146. The van der Waals surface area contributed by atoms with Gasteiger partial charge < -0.3 is 19.5 Å². The number of hydrogen-bond acceptors (Lipinski definition) is 4. The fourth-order valence-corrected chi connectivity index (χ4v) is 4.54. The first-order valence-electron chi connectivity index (χ1n) is 8.12. The Labute approximate surface area is 133 Å². The quantitative estimate of drug-likeness (QED) is 0.931. The van der Waals surface area contributed by atoms with Gasteiger partial charge in [0.1, 0.15) is 0 Å². The molecule has 22 heavy (non-hydrogen) atoms. The first kappa shape index (κ1) is 15.6. The van der Waals surface area contributed by atoms with E-state index in [9.17, 15) is 5.11 Å². The van der Waals surface area contributed by atoms with Gasteiger partial charge in [-0.15, -0.1) is 0 Å². The third kappa shape index (κ3) is 2.29. The summed E-state index contributed by atoms with van der Waals surface area (Å²) >= 11 is 0. The maximum Gasteiger partial charge on any atom is 0.161 e. The van der Waals surface area contributed by atoms with Crippen LogP contribution in [0.5, 0.6) is 11.5 Å². The van der Waals surface area contributed by atoms with Gasteiger partial charge in [0.15, 0.2) is 11.5 Å². The summed E-state index contributed by atoms with van der Waals surface area (Å²) in [6.07, 6.45) is 2.82. The van der Waals surface area contributed by atoms with Gasteiger partial charge in [-0.2, -0.15) is 0 Å². The molecule has 0 spiro atoms. The molecule has 4 heteroatoms.